The van der Waals surface area contributed by atoms with Gasteiger partial charge in [-0.15, -0.1) is 11.3 Å². The van der Waals surface area contributed by atoms with Crippen LogP contribution in [-0.2, 0) is 0 Å². The zero-order chi connectivity index (χ0) is 11.5. The molecule has 0 saturated carbocycles. The Bertz CT molecular complexity index is 343. The Labute approximate surface area is 106 Å². The molecular formula is C12H20N2S2. The molecule has 2 atom stereocenters. The van der Waals surface area contributed by atoms with Crippen LogP contribution < -0.4 is 5.32 Å². The molecular weight excluding hydrogens is 236 g/mol. The molecule has 0 radical (unpaired) electrons. The van der Waals surface area contributed by atoms with Gasteiger partial charge >= 0.3 is 0 Å². The highest BCUT2D eigenvalue weighted by molar-refractivity contribution is 7.99. The van der Waals surface area contributed by atoms with E-state index in [1.54, 1.807) is 0 Å². The number of nitrogens with zero attached hydrogens (tertiary/aromatic N) is 1. The molecule has 0 aromatic carbocycles. The topological polar surface area (TPSA) is 24.9 Å². The van der Waals surface area contributed by atoms with Crippen molar-refractivity contribution < 1.29 is 0 Å². The molecule has 1 aliphatic heterocycles. The van der Waals surface area contributed by atoms with Crippen LogP contribution in [-0.4, -0.2) is 23.0 Å². The van der Waals surface area contributed by atoms with E-state index in [0.717, 1.165) is 12.5 Å². The number of hydrogen-bond donors (Lipinski definition) is 1. The van der Waals surface area contributed by atoms with Crippen molar-refractivity contribution in [3.63, 3.8) is 0 Å². The van der Waals surface area contributed by atoms with Gasteiger partial charge in [-0.2, -0.15) is 11.8 Å². The molecule has 1 N–H and O–H groups in total. The quantitative estimate of drug-likeness (QED) is 0.895. The summed E-state index contributed by atoms with van der Waals surface area (Å²) in [7, 11) is 0. The van der Waals surface area contributed by atoms with Gasteiger partial charge in [0, 0.05) is 10.9 Å². The Morgan fingerprint density at radius 3 is 2.88 bits per heavy atom. The predicted molar refractivity (Wildman–Crippen MR) is 73.4 cm³/mol. The molecule has 90 valence electrons. The molecule has 2 heterocycles. The van der Waals surface area contributed by atoms with Crippen LogP contribution in [0.15, 0.2) is 0 Å². The second-order valence-electron chi connectivity index (χ2n) is 4.54. The second-order valence-corrected chi connectivity index (χ2v) is 6.93. The van der Waals surface area contributed by atoms with Crippen LogP contribution in [0.5, 0.6) is 0 Å². The van der Waals surface area contributed by atoms with Gasteiger partial charge in [-0.25, -0.2) is 4.98 Å². The van der Waals surface area contributed by atoms with Crippen molar-refractivity contribution in [2.75, 3.05) is 18.1 Å². The molecule has 1 saturated heterocycles. The van der Waals surface area contributed by atoms with Gasteiger partial charge in [-0.05, 0) is 51.2 Å². The fourth-order valence-corrected chi connectivity index (χ4v) is 4.37. The first kappa shape index (κ1) is 12.4. The van der Waals surface area contributed by atoms with Crippen molar-refractivity contribution in [3.05, 3.63) is 15.6 Å². The van der Waals surface area contributed by atoms with Gasteiger partial charge in [0.25, 0.3) is 0 Å². The molecule has 2 rings (SSSR count). The monoisotopic (exact) mass is 256 g/mol. The molecule has 0 aliphatic carbocycles. The Morgan fingerprint density at radius 2 is 2.31 bits per heavy atom. The molecule has 16 heavy (non-hydrogen) atoms. The fraction of sp³-hybridized carbons (Fsp3) is 0.750. The number of thiazole rings is 1. The van der Waals surface area contributed by atoms with E-state index < -0.39 is 0 Å². The third kappa shape index (κ3) is 2.99. The molecule has 1 aromatic rings. The summed E-state index contributed by atoms with van der Waals surface area (Å²) in [5.41, 5.74) is 1.20. The molecule has 1 aliphatic rings. The molecule has 1 fully saturated rings. The Balaban J connectivity index is 1.87. The first-order chi connectivity index (χ1) is 7.66. The molecule has 2 unspecified atom stereocenters. The summed E-state index contributed by atoms with van der Waals surface area (Å²) < 4.78 is 0. The number of aryl methyl sites for hydroxylation is 2. The predicted octanol–water partition coefficient (Wildman–Crippen LogP) is 3.16. The number of rotatable bonds is 4. The number of nitrogens with one attached hydrogen (secondary N) is 1. The van der Waals surface area contributed by atoms with Crippen molar-refractivity contribution in [2.45, 2.75) is 33.2 Å². The van der Waals surface area contributed by atoms with E-state index in [-0.39, 0.29) is 0 Å². The SMILES string of the molecule is Cc1nc(C)c(C(C)NCC2CCSC2)s1. The zero-order valence-electron chi connectivity index (χ0n) is 10.2. The number of aromatic nitrogens is 1. The van der Waals surface area contributed by atoms with Crippen molar-refractivity contribution in [1.82, 2.24) is 10.3 Å². The minimum absolute atomic E-state index is 0.455. The summed E-state index contributed by atoms with van der Waals surface area (Å²) in [6, 6.07) is 0.455. The van der Waals surface area contributed by atoms with Crippen LogP contribution in [0, 0.1) is 19.8 Å². The Morgan fingerprint density at radius 1 is 1.50 bits per heavy atom. The Kier molecular flexibility index (Phi) is 4.27. The highest BCUT2D eigenvalue weighted by Gasteiger charge is 2.18. The lowest BCUT2D eigenvalue weighted by Crippen LogP contribution is -2.25. The minimum atomic E-state index is 0.455. The van der Waals surface area contributed by atoms with Crippen LogP contribution >= 0.6 is 23.1 Å². The van der Waals surface area contributed by atoms with Crippen molar-refractivity contribution in [3.8, 4) is 0 Å². The van der Waals surface area contributed by atoms with Crippen LogP contribution in [0.25, 0.3) is 0 Å². The van der Waals surface area contributed by atoms with E-state index in [0.29, 0.717) is 6.04 Å². The van der Waals surface area contributed by atoms with Crippen molar-refractivity contribution >= 4 is 23.1 Å². The van der Waals surface area contributed by atoms with E-state index in [4.69, 9.17) is 0 Å². The van der Waals surface area contributed by atoms with Crippen molar-refractivity contribution in [1.29, 1.82) is 0 Å². The normalized spacial score (nSPS) is 22.6. The lowest BCUT2D eigenvalue weighted by Gasteiger charge is -2.15. The molecule has 2 nitrogen and oxygen atoms in total. The molecule has 1 aromatic heterocycles. The van der Waals surface area contributed by atoms with Crippen LogP contribution in [0.4, 0.5) is 0 Å². The highest BCUT2D eigenvalue weighted by atomic mass is 32.2. The third-order valence-electron chi connectivity index (χ3n) is 3.07. The summed E-state index contributed by atoms with van der Waals surface area (Å²) in [6.45, 7) is 7.61. The minimum Gasteiger partial charge on any atom is -0.309 e. The number of thioether (sulfide) groups is 1. The molecule has 0 bridgehead atoms. The summed E-state index contributed by atoms with van der Waals surface area (Å²) >= 11 is 3.91. The maximum atomic E-state index is 4.49. The fourth-order valence-electron chi connectivity index (χ4n) is 2.13. The maximum Gasteiger partial charge on any atom is 0.0900 e. The first-order valence-electron chi connectivity index (χ1n) is 5.92. The second kappa shape index (κ2) is 5.52. The highest BCUT2D eigenvalue weighted by Crippen LogP contribution is 2.26. The summed E-state index contributed by atoms with van der Waals surface area (Å²) in [5.74, 6) is 3.56. The maximum absolute atomic E-state index is 4.49. The van der Waals surface area contributed by atoms with Crippen LogP contribution in [0.2, 0.25) is 0 Å². The molecule has 0 spiro atoms. The third-order valence-corrected chi connectivity index (χ3v) is 5.56. The van der Waals surface area contributed by atoms with Gasteiger partial charge in [-0.1, -0.05) is 0 Å². The summed E-state index contributed by atoms with van der Waals surface area (Å²) in [5, 5.41) is 4.83. The van der Waals surface area contributed by atoms with Gasteiger partial charge in [-0.3, -0.25) is 0 Å². The van der Waals surface area contributed by atoms with Crippen LogP contribution in [0.1, 0.15) is 35.0 Å². The summed E-state index contributed by atoms with van der Waals surface area (Å²) in [4.78, 5) is 5.89. The summed E-state index contributed by atoms with van der Waals surface area (Å²) in [6.07, 6.45) is 1.38. The van der Waals surface area contributed by atoms with E-state index in [9.17, 15) is 0 Å². The van der Waals surface area contributed by atoms with Gasteiger partial charge in [0.15, 0.2) is 0 Å². The Hall–Kier alpha value is -0.0600. The van der Waals surface area contributed by atoms with E-state index in [2.05, 4.69) is 42.8 Å². The number of hydrogen-bond acceptors (Lipinski definition) is 4. The lowest BCUT2D eigenvalue weighted by molar-refractivity contribution is 0.480. The lowest BCUT2D eigenvalue weighted by atomic mass is 10.1. The van der Waals surface area contributed by atoms with E-state index >= 15 is 0 Å². The van der Waals surface area contributed by atoms with Gasteiger partial charge in [0.2, 0.25) is 0 Å². The standard InChI is InChI=1S/C12H20N2S2/c1-8(12-9(2)14-10(3)16-12)13-6-11-4-5-15-7-11/h8,11,13H,4-7H2,1-3H3. The smallest absolute Gasteiger partial charge is 0.0900 e. The van der Waals surface area contributed by atoms with Gasteiger partial charge < -0.3 is 5.32 Å². The van der Waals surface area contributed by atoms with E-state index in [1.807, 2.05) is 11.3 Å². The van der Waals surface area contributed by atoms with Crippen LogP contribution in [0.3, 0.4) is 0 Å². The largest absolute Gasteiger partial charge is 0.309 e. The molecule has 4 heteroatoms. The average molecular weight is 256 g/mol. The van der Waals surface area contributed by atoms with E-state index in [1.165, 1.54) is 33.5 Å². The average Bonchev–Trinajstić information content (AvgIpc) is 2.84. The first-order valence-corrected chi connectivity index (χ1v) is 7.89. The van der Waals surface area contributed by atoms with Gasteiger partial charge in [0.05, 0.1) is 10.7 Å². The van der Waals surface area contributed by atoms with Crippen molar-refractivity contribution in [2.24, 2.45) is 5.92 Å². The molecule has 0 amide bonds. The van der Waals surface area contributed by atoms with Gasteiger partial charge in [0.1, 0.15) is 0 Å². The zero-order valence-corrected chi connectivity index (χ0v) is 11.9.